The molecular weight excluding hydrogens is 439 g/mol. The Kier molecular flexibility index (Phi) is 5.24. The number of carbonyl (C=O) groups excluding carboxylic acids is 1. The monoisotopic (exact) mass is 459 g/mol. The third kappa shape index (κ3) is 4.02. The Bertz CT molecular complexity index is 1270. The molecule has 5 rings (SSSR count). The normalized spacial score (nSPS) is 19.3. The summed E-state index contributed by atoms with van der Waals surface area (Å²) in [5.41, 5.74) is -0.0212. The number of benzene rings is 1. The van der Waals surface area contributed by atoms with Crippen LogP contribution in [0.3, 0.4) is 0 Å². The van der Waals surface area contributed by atoms with Gasteiger partial charge < -0.3 is 10.6 Å². The molecule has 166 valence electrons. The van der Waals surface area contributed by atoms with E-state index >= 15 is 0 Å². The van der Waals surface area contributed by atoms with Gasteiger partial charge in [-0.2, -0.15) is 17.5 Å². The zero-order valence-electron chi connectivity index (χ0n) is 16.9. The van der Waals surface area contributed by atoms with Gasteiger partial charge in [-0.05, 0) is 55.4 Å². The van der Waals surface area contributed by atoms with Gasteiger partial charge >= 0.3 is 6.18 Å². The molecule has 2 N–H and O–H groups in total. The Hall–Kier alpha value is -3.14. The Balaban J connectivity index is 1.22. The predicted octanol–water partition coefficient (Wildman–Crippen LogP) is 5.12. The highest BCUT2D eigenvalue weighted by atomic mass is 32.1. The molecule has 0 aliphatic heterocycles. The molecule has 1 aliphatic rings. The summed E-state index contributed by atoms with van der Waals surface area (Å²) < 4.78 is 45.5. The minimum absolute atomic E-state index is 0.0598. The number of rotatable bonds is 4. The number of nitrogens with one attached hydrogen (secondary N) is 2. The Morgan fingerprint density at radius 2 is 1.81 bits per heavy atom. The van der Waals surface area contributed by atoms with Crippen LogP contribution in [0.2, 0.25) is 0 Å². The van der Waals surface area contributed by atoms with Gasteiger partial charge in [-0.25, -0.2) is 4.98 Å². The van der Waals surface area contributed by atoms with Crippen LogP contribution < -0.4 is 10.6 Å². The minimum atomic E-state index is -4.48. The third-order valence-corrected chi connectivity index (χ3v) is 6.67. The van der Waals surface area contributed by atoms with Crippen molar-refractivity contribution < 1.29 is 18.0 Å². The van der Waals surface area contributed by atoms with E-state index in [1.54, 1.807) is 24.4 Å². The number of nitrogens with zero attached hydrogens (tertiary/aromatic N) is 3. The molecular formula is C22H20F3N5OS. The third-order valence-electron chi connectivity index (χ3n) is 5.82. The number of fused-ring (bicyclic) bond motifs is 2. The maximum atomic E-state index is 13.0. The fourth-order valence-electron chi connectivity index (χ4n) is 4.19. The molecule has 1 fully saturated rings. The highest BCUT2D eigenvalue weighted by Crippen LogP contribution is 2.30. The topological polar surface area (TPSA) is 71.3 Å². The van der Waals surface area contributed by atoms with Crippen molar-refractivity contribution in [1.29, 1.82) is 0 Å². The lowest BCUT2D eigenvalue weighted by Gasteiger charge is -2.30. The molecule has 3 aromatic heterocycles. The van der Waals surface area contributed by atoms with Crippen LogP contribution in [0.4, 0.5) is 19.0 Å². The molecule has 32 heavy (non-hydrogen) atoms. The second-order valence-electron chi connectivity index (χ2n) is 7.98. The maximum Gasteiger partial charge on any atom is 0.434 e. The van der Waals surface area contributed by atoms with Gasteiger partial charge in [-0.15, -0.1) is 0 Å². The molecule has 0 bridgehead atoms. The summed E-state index contributed by atoms with van der Waals surface area (Å²) in [6.07, 6.45) is 1.46. The number of imidazole rings is 1. The summed E-state index contributed by atoms with van der Waals surface area (Å²) in [6, 6.07) is 10.8. The summed E-state index contributed by atoms with van der Waals surface area (Å²) in [4.78, 5) is 16.5. The lowest BCUT2D eigenvalue weighted by molar-refractivity contribution is -0.140. The van der Waals surface area contributed by atoms with Crippen LogP contribution in [-0.2, 0) is 6.18 Å². The van der Waals surface area contributed by atoms with Gasteiger partial charge in [0.25, 0.3) is 5.91 Å². The number of hydrogen-bond acceptors (Lipinski definition) is 5. The van der Waals surface area contributed by atoms with Crippen molar-refractivity contribution in [2.24, 2.45) is 0 Å². The molecule has 0 spiro atoms. The molecule has 10 heteroatoms. The van der Waals surface area contributed by atoms with Crippen molar-refractivity contribution in [3.05, 3.63) is 60.0 Å². The molecule has 6 nitrogen and oxygen atoms in total. The highest BCUT2D eigenvalue weighted by molar-refractivity contribution is 7.13. The van der Waals surface area contributed by atoms with Gasteiger partial charge in [-0.3, -0.25) is 9.20 Å². The molecule has 1 saturated carbocycles. The first-order chi connectivity index (χ1) is 15.4. The van der Waals surface area contributed by atoms with Crippen molar-refractivity contribution in [2.75, 3.05) is 5.32 Å². The predicted molar refractivity (Wildman–Crippen MR) is 117 cm³/mol. The maximum absolute atomic E-state index is 13.0. The van der Waals surface area contributed by atoms with Crippen LogP contribution in [0.1, 0.15) is 41.7 Å². The van der Waals surface area contributed by atoms with Gasteiger partial charge in [0.05, 0.1) is 10.3 Å². The fourth-order valence-corrected chi connectivity index (χ4v) is 4.95. The summed E-state index contributed by atoms with van der Waals surface area (Å²) in [5, 5.41) is 7.43. The van der Waals surface area contributed by atoms with E-state index in [0.29, 0.717) is 11.4 Å². The summed E-state index contributed by atoms with van der Waals surface area (Å²) in [7, 11) is 0. The van der Waals surface area contributed by atoms with Gasteiger partial charge in [0.1, 0.15) is 11.5 Å². The summed E-state index contributed by atoms with van der Waals surface area (Å²) in [6.45, 7) is 0. The molecule has 0 saturated heterocycles. The van der Waals surface area contributed by atoms with Gasteiger partial charge in [-0.1, -0.05) is 18.2 Å². The van der Waals surface area contributed by atoms with Crippen LogP contribution in [0.15, 0.2) is 48.8 Å². The van der Waals surface area contributed by atoms with E-state index in [1.807, 2.05) is 18.2 Å². The fraction of sp³-hybridized carbons (Fsp3) is 0.318. The number of halogens is 3. The van der Waals surface area contributed by atoms with E-state index in [1.165, 1.54) is 15.9 Å². The van der Waals surface area contributed by atoms with Crippen LogP contribution in [0.25, 0.3) is 15.7 Å². The summed E-state index contributed by atoms with van der Waals surface area (Å²) in [5.74, 6) is 0.481. The average molecular weight is 459 g/mol. The first kappa shape index (κ1) is 20.7. The molecule has 1 amide bonds. The van der Waals surface area contributed by atoms with E-state index in [0.717, 1.165) is 42.0 Å². The molecule has 0 radical (unpaired) electrons. The molecule has 3 heterocycles. The molecule has 1 aromatic carbocycles. The van der Waals surface area contributed by atoms with Gasteiger partial charge in [0.15, 0.2) is 5.69 Å². The first-order valence-corrected chi connectivity index (χ1v) is 11.1. The van der Waals surface area contributed by atoms with Crippen LogP contribution >= 0.6 is 11.5 Å². The Morgan fingerprint density at radius 1 is 1.06 bits per heavy atom. The lowest BCUT2D eigenvalue weighted by Crippen LogP contribution is -2.40. The van der Waals surface area contributed by atoms with E-state index in [4.69, 9.17) is 0 Å². The number of amides is 1. The zero-order chi connectivity index (χ0) is 22.3. The number of carbonyl (C=O) groups is 1. The lowest BCUT2D eigenvalue weighted by atomic mass is 9.91. The first-order valence-electron chi connectivity index (χ1n) is 10.3. The van der Waals surface area contributed by atoms with Crippen molar-refractivity contribution in [3.63, 3.8) is 0 Å². The number of pyridine rings is 1. The van der Waals surface area contributed by atoms with E-state index in [2.05, 4.69) is 20.0 Å². The van der Waals surface area contributed by atoms with Gasteiger partial charge in [0, 0.05) is 29.9 Å². The van der Waals surface area contributed by atoms with Crippen LogP contribution in [0, 0.1) is 0 Å². The van der Waals surface area contributed by atoms with Crippen LogP contribution in [0.5, 0.6) is 0 Å². The van der Waals surface area contributed by atoms with E-state index in [9.17, 15) is 18.0 Å². The second kappa shape index (κ2) is 8.09. The Labute approximate surface area is 185 Å². The molecule has 0 atom stereocenters. The number of aromatic nitrogens is 3. The number of anilines is 1. The number of alkyl halides is 3. The number of hydrogen-bond donors (Lipinski definition) is 2. The van der Waals surface area contributed by atoms with E-state index in [-0.39, 0.29) is 23.6 Å². The molecule has 0 unspecified atom stereocenters. The molecule has 4 aromatic rings. The van der Waals surface area contributed by atoms with E-state index < -0.39 is 11.9 Å². The van der Waals surface area contributed by atoms with Crippen molar-refractivity contribution >= 4 is 39.0 Å². The summed E-state index contributed by atoms with van der Waals surface area (Å²) >= 11 is 1.31. The van der Waals surface area contributed by atoms with Crippen molar-refractivity contribution in [2.45, 2.75) is 43.9 Å². The highest BCUT2D eigenvalue weighted by Gasteiger charge is 2.34. The van der Waals surface area contributed by atoms with Gasteiger partial charge in [0.2, 0.25) is 0 Å². The largest absolute Gasteiger partial charge is 0.434 e. The standard InChI is InChI=1S/C22H20F3N5OS/c23-22(24,25)17-12-30-18(5-2-6-19(30)29-17)27-14-7-9-15(10-8-14)28-21(31)16-4-1-3-13-11-26-32-20(13)16/h1-6,11-12,14-15,27H,7-10H2,(H,28,31)/t14-,15+. The quantitative estimate of drug-likeness (QED) is 0.445. The second-order valence-corrected chi connectivity index (χ2v) is 8.78. The van der Waals surface area contributed by atoms with Crippen molar-refractivity contribution in [1.82, 2.24) is 19.1 Å². The minimum Gasteiger partial charge on any atom is -0.368 e. The average Bonchev–Trinajstić information content (AvgIpc) is 3.42. The molecule has 1 aliphatic carbocycles. The Morgan fingerprint density at radius 3 is 2.59 bits per heavy atom. The SMILES string of the molecule is O=C(N[C@H]1CC[C@@H](Nc2cccc3nc(C(F)(F)F)cn23)CC1)c1cccc2cnsc12. The smallest absolute Gasteiger partial charge is 0.368 e. The van der Waals surface area contributed by atoms with Crippen molar-refractivity contribution in [3.8, 4) is 0 Å². The van der Waals surface area contributed by atoms with Crippen LogP contribution in [-0.4, -0.2) is 31.7 Å². The zero-order valence-corrected chi connectivity index (χ0v) is 17.7.